The number of nitrogens with zero attached hydrogens (tertiary/aromatic N) is 2. The lowest BCUT2D eigenvalue weighted by Crippen LogP contribution is -2.35. The molecule has 7 heteroatoms. The van der Waals surface area contributed by atoms with E-state index in [1.54, 1.807) is 6.20 Å². The highest BCUT2D eigenvalue weighted by molar-refractivity contribution is 6.22. The van der Waals surface area contributed by atoms with Gasteiger partial charge < -0.3 is 9.88 Å². The van der Waals surface area contributed by atoms with Crippen LogP contribution in [0.4, 0.5) is 19.0 Å². The highest BCUT2D eigenvalue weighted by Crippen LogP contribution is 2.38. The average molecular weight is 330 g/mol. The van der Waals surface area contributed by atoms with E-state index in [9.17, 15) is 13.2 Å². The maximum Gasteiger partial charge on any atom is 0.132 e. The fourth-order valence-electron chi connectivity index (χ4n) is 2.97. The Labute approximate surface area is 131 Å². The van der Waals surface area contributed by atoms with E-state index in [0.717, 1.165) is 12.8 Å². The van der Waals surface area contributed by atoms with Crippen LogP contribution in [0.3, 0.4) is 0 Å². The molecule has 2 heterocycles. The number of nitrogens with one attached hydrogen (secondary N) is 1. The normalized spacial score (nSPS) is 22.6. The monoisotopic (exact) mass is 329 g/mol. The zero-order valence-corrected chi connectivity index (χ0v) is 12.5. The minimum atomic E-state index is -0.927. The van der Waals surface area contributed by atoms with Crippen molar-refractivity contribution in [2.45, 2.75) is 30.7 Å². The third-order valence-electron chi connectivity index (χ3n) is 4.00. The molecule has 0 bridgehead atoms. The molecule has 118 valence electrons. The quantitative estimate of drug-likeness (QED) is 0.662. The molecule has 3 rings (SSSR count). The van der Waals surface area contributed by atoms with Gasteiger partial charge in [-0.3, -0.25) is 0 Å². The number of hydrogen-bond acceptors (Lipinski definition) is 2. The predicted octanol–water partition coefficient (Wildman–Crippen LogP) is 4.17. The van der Waals surface area contributed by atoms with Crippen LogP contribution in [0.2, 0.25) is 0 Å². The Morgan fingerprint density at radius 1 is 1.18 bits per heavy atom. The molecule has 2 unspecified atom stereocenters. The summed E-state index contributed by atoms with van der Waals surface area (Å²) in [6.45, 7) is 0.664. The fraction of sp³-hybridized carbons (Fsp3) is 0.400. The van der Waals surface area contributed by atoms with E-state index in [2.05, 4.69) is 9.97 Å². The van der Waals surface area contributed by atoms with Gasteiger partial charge in [0.15, 0.2) is 0 Å². The number of hydrogen-bond donors (Lipinski definition) is 1. The molecule has 0 radical (unpaired) electrons. The first-order valence-corrected chi connectivity index (χ1v) is 7.55. The van der Waals surface area contributed by atoms with Crippen LogP contribution in [-0.2, 0) is 0 Å². The summed E-state index contributed by atoms with van der Waals surface area (Å²) in [6, 6.07) is 1.40. The first-order valence-electron chi connectivity index (χ1n) is 7.11. The second-order valence-corrected chi connectivity index (χ2v) is 5.84. The summed E-state index contributed by atoms with van der Waals surface area (Å²) in [7, 11) is 0. The standard InChI is InChI=1S/C15H15ClF3N3/c16-15-10(14-11(18)5-9(17)6-12(14)19)3-1-2-4-22(15)13-7-20-8-21-13/h5-8,10,15H,1-4H2,(H,20,21). The van der Waals surface area contributed by atoms with Gasteiger partial charge in [-0.25, -0.2) is 18.2 Å². The number of halogens is 4. The maximum atomic E-state index is 14.1. The Balaban J connectivity index is 1.99. The van der Waals surface area contributed by atoms with Gasteiger partial charge in [0.1, 0.15) is 28.8 Å². The molecule has 22 heavy (non-hydrogen) atoms. The van der Waals surface area contributed by atoms with Crippen LogP contribution in [-0.4, -0.2) is 22.0 Å². The molecule has 2 aromatic rings. The summed E-state index contributed by atoms with van der Waals surface area (Å²) >= 11 is 6.51. The average Bonchev–Trinajstić information content (AvgIpc) is 2.91. The number of alkyl halides is 1. The topological polar surface area (TPSA) is 31.9 Å². The number of imidazole rings is 1. The highest BCUT2D eigenvalue weighted by Gasteiger charge is 2.33. The van der Waals surface area contributed by atoms with Crippen LogP contribution in [0.1, 0.15) is 30.7 Å². The number of rotatable bonds is 2. The number of H-pyrrole nitrogens is 1. The van der Waals surface area contributed by atoms with E-state index in [-0.39, 0.29) is 5.56 Å². The van der Waals surface area contributed by atoms with Gasteiger partial charge in [-0.05, 0) is 12.8 Å². The SMILES string of the molecule is Fc1cc(F)c(C2CCCCN(c3cnc[nH]3)C2Cl)c(F)c1. The Bertz CT molecular complexity index is 624. The highest BCUT2D eigenvalue weighted by atomic mass is 35.5. The van der Waals surface area contributed by atoms with Crippen molar-refractivity contribution in [1.29, 1.82) is 0 Å². The van der Waals surface area contributed by atoms with Crippen LogP contribution in [0.5, 0.6) is 0 Å². The van der Waals surface area contributed by atoms with Crippen molar-refractivity contribution in [2.75, 3.05) is 11.4 Å². The summed E-state index contributed by atoms with van der Waals surface area (Å²) in [5, 5.41) is 0. The zero-order chi connectivity index (χ0) is 15.7. The Morgan fingerprint density at radius 2 is 1.91 bits per heavy atom. The molecule has 1 aliphatic heterocycles. The van der Waals surface area contributed by atoms with Crippen molar-refractivity contribution < 1.29 is 13.2 Å². The lowest BCUT2D eigenvalue weighted by Gasteiger charge is -2.31. The fourth-order valence-corrected chi connectivity index (χ4v) is 3.43. The van der Waals surface area contributed by atoms with Gasteiger partial charge in [-0.1, -0.05) is 18.0 Å². The molecule has 0 saturated carbocycles. The van der Waals surface area contributed by atoms with E-state index >= 15 is 0 Å². The van der Waals surface area contributed by atoms with Gasteiger partial charge in [-0.2, -0.15) is 0 Å². The molecule has 1 fully saturated rings. The summed E-state index contributed by atoms with van der Waals surface area (Å²) in [4.78, 5) is 8.75. The van der Waals surface area contributed by atoms with E-state index in [4.69, 9.17) is 11.6 Å². The number of anilines is 1. The van der Waals surface area contributed by atoms with Gasteiger partial charge in [0, 0.05) is 30.2 Å². The summed E-state index contributed by atoms with van der Waals surface area (Å²) in [5.41, 5.74) is -0.787. The van der Waals surface area contributed by atoms with Crippen molar-refractivity contribution in [1.82, 2.24) is 9.97 Å². The maximum absolute atomic E-state index is 14.1. The van der Waals surface area contributed by atoms with Crippen LogP contribution < -0.4 is 4.90 Å². The van der Waals surface area contributed by atoms with Gasteiger partial charge in [-0.15, -0.1) is 0 Å². The second-order valence-electron chi connectivity index (χ2n) is 5.39. The minimum Gasteiger partial charge on any atom is -0.340 e. The molecule has 3 nitrogen and oxygen atoms in total. The summed E-state index contributed by atoms with van der Waals surface area (Å²) < 4.78 is 41.3. The van der Waals surface area contributed by atoms with E-state index in [1.165, 1.54) is 6.33 Å². The van der Waals surface area contributed by atoms with Crippen molar-refractivity contribution in [3.8, 4) is 0 Å². The number of benzene rings is 1. The lowest BCUT2D eigenvalue weighted by molar-refractivity contribution is 0.480. The first kappa shape index (κ1) is 15.2. The molecule has 0 spiro atoms. The Kier molecular flexibility index (Phi) is 4.29. The predicted molar refractivity (Wildman–Crippen MR) is 78.5 cm³/mol. The van der Waals surface area contributed by atoms with Gasteiger partial charge >= 0.3 is 0 Å². The van der Waals surface area contributed by atoms with Crippen molar-refractivity contribution in [2.24, 2.45) is 0 Å². The molecule has 1 aromatic carbocycles. The molecular formula is C15H15ClF3N3. The molecular weight excluding hydrogens is 315 g/mol. The third kappa shape index (κ3) is 2.79. The lowest BCUT2D eigenvalue weighted by atomic mass is 9.93. The third-order valence-corrected chi connectivity index (χ3v) is 4.54. The molecule has 1 N–H and O–H groups in total. The first-order chi connectivity index (χ1) is 10.6. The van der Waals surface area contributed by atoms with E-state index in [0.29, 0.717) is 30.9 Å². The second kappa shape index (κ2) is 6.20. The Hall–Kier alpha value is -1.69. The van der Waals surface area contributed by atoms with Gasteiger partial charge in [0.2, 0.25) is 0 Å². The van der Waals surface area contributed by atoms with Crippen LogP contribution in [0, 0.1) is 17.5 Å². The number of aromatic nitrogens is 2. The summed E-state index contributed by atoms with van der Waals surface area (Å²) in [5.74, 6) is -2.56. The van der Waals surface area contributed by atoms with Crippen LogP contribution >= 0.6 is 11.6 Å². The molecule has 2 atom stereocenters. The molecule has 1 aromatic heterocycles. The van der Waals surface area contributed by atoms with E-state index < -0.39 is 28.9 Å². The zero-order valence-electron chi connectivity index (χ0n) is 11.7. The van der Waals surface area contributed by atoms with Crippen molar-refractivity contribution >= 4 is 17.4 Å². The molecule has 0 aliphatic carbocycles. The number of aromatic amines is 1. The molecule has 0 amide bonds. The molecule has 1 saturated heterocycles. The Morgan fingerprint density at radius 3 is 2.55 bits per heavy atom. The molecule has 1 aliphatic rings. The summed E-state index contributed by atoms with van der Waals surface area (Å²) in [6.07, 6.45) is 5.32. The van der Waals surface area contributed by atoms with Crippen LogP contribution in [0.15, 0.2) is 24.7 Å². The minimum absolute atomic E-state index is 0.146. The smallest absolute Gasteiger partial charge is 0.132 e. The van der Waals surface area contributed by atoms with Gasteiger partial charge in [0.05, 0.1) is 12.5 Å². The van der Waals surface area contributed by atoms with E-state index in [1.807, 2.05) is 4.90 Å². The van der Waals surface area contributed by atoms with Crippen LogP contribution in [0.25, 0.3) is 0 Å². The largest absolute Gasteiger partial charge is 0.340 e. The van der Waals surface area contributed by atoms with Gasteiger partial charge in [0.25, 0.3) is 0 Å². The van der Waals surface area contributed by atoms with Crippen molar-refractivity contribution in [3.63, 3.8) is 0 Å². The van der Waals surface area contributed by atoms with Crippen molar-refractivity contribution in [3.05, 3.63) is 47.7 Å².